The molecule has 9 amide bonds. The maximum absolute atomic E-state index is 15.0. The van der Waals surface area contributed by atoms with Gasteiger partial charge in [-0.25, -0.2) is 0 Å². The van der Waals surface area contributed by atoms with E-state index in [1.165, 1.54) is 26.0 Å². The summed E-state index contributed by atoms with van der Waals surface area (Å²) in [5.41, 5.74) is 19.6. The van der Waals surface area contributed by atoms with E-state index in [-0.39, 0.29) is 71.0 Å². The third-order valence-corrected chi connectivity index (χ3v) is 14.0. The number of unbranched alkanes of at least 4 members (excludes halogenated alkanes) is 1. The zero-order chi connectivity index (χ0) is 60.4. The molecule has 0 fully saturated rings. The van der Waals surface area contributed by atoms with Gasteiger partial charge >= 0.3 is 0 Å². The maximum atomic E-state index is 15.0. The number of hydrogen-bond donors (Lipinski definition) is 16. The minimum Gasteiger partial charge on any atom is -0.394 e. The van der Waals surface area contributed by atoms with Gasteiger partial charge in [0.2, 0.25) is 53.2 Å². The zero-order valence-corrected chi connectivity index (χ0v) is 46.8. The van der Waals surface area contributed by atoms with Gasteiger partial charge in [0, 0.05) is 55.9 Å². The molecule has 1 aliphatic heterocycles. The highest BCUT2D eigenvalue weighted by Crippen LogP contribution is 2.20. The molecule has 25 heteroatoms. The molecular weight excluding hydrogens is 1070 g/mol. The Hall–Kier alpha value is -8.07. The number of carbonyl (C=O) groups is 9. The number of aliphatic hydroxyl groups excluding tert-OH is 3. The predicted octanol–water partition coefficient (Wildman–Crippen LogP) is -2.51. The standard InChI is InChI=1S/C58H81N13O12/c1-34(73)48(33-72)70-53(78)43-23-12-11-22-42(65-55(80)45(28-36-16-5-3-6-17-36)64-49(75)25-15-27-62-51(76)40(61)31-60)52(77)68-46(29-37-18-7-4-8-19-37)56(81)69-47(30-38-32-63-41-21-10-9-20-39(38)41)57(82)66-44(24-13-14-26-59)54(79)71-50(35(2)74)58(83)67-43/h3-12,16-21,32,34-35,40,42-48,50,63,72-74H,13-15,22-31,33,59-61H2,1-2H3,(H,62,76)(H,64,75)(H,65,80)(H,66,82)(H,67,83)(H,68,77)(H,69,81)(H,70,78)(H,71,79)/b12-11-/t34-,35-,40?,42+,43+,44+,45-,46+,47-,48-,50+/m1/s1. The lowest BCUT2D eigenvalue weighted by Gasteiger charge is -2.29. The third-order valence-electron chi connectivity index (χ3n) is 14.0. The van der Waals surface area contributed by atoms with Crippen molar-refractivity contribution in [2.75, 3.05) is 26.2 Å². The Morgan fingerprint density at radius 1 is 0.675 bits per heavy atom. The van der Waals surface area contributed by atoms with Crippen molar-refractivity contribution in [3.05, 3.63) is 120 Å². The SMILES string of the molecule is C[C@@H](O)[C@@H]1NC(=O)[C@H](CCCCN)NC(=O)[C@@H](Cc2c[nH]c3ccccc23)NC(=O)[C@H](Cc2ccccc2)NC(=O)[C@@H](NC(=O)[C@@H](Cc2ccccc2)NC(=O)CCCNC(=O)C(N)CN)C/C=C\C[C@@H](C(=O)N[C@H](CO)[C@@H](C)O)NC1=O. The van der Waals surface area contributed by atoms with Crippen LogP contribution in [-0.4, -0.2) is 166 Å². The highest BCUT2D eigenvalue weighted by atomic mass is 16.3. The molecule has 0 saturated carbocycles. The first-order valence-electron chi connectivity index (χ1n) is 27.9. The van der Waals surface area contributed by atoms with Gasteiger partial charge in [-0.15, -0.1) is 0 Å². The average Bonchev–Trinajstić information content (AvgIpc) is 4.03. The molecule has 2 heterocycles. The number of aromatic amines is 1. The first-order valence-corrected chi connectivity index (χ1v) is 27.9. The Kier molecular flexibility index (Phi) is 26.7. The van der Waals surface area contributed by atoms with Crippen LogP contribution >= 0.6 is 0 Å². The molecule has 0 aliphatic carbocycles. The number of H-pyrrole nitrogens is 1. The summed E-state index contributed by atoms with van der Waals surface area (Å²) in [5.74, 6) is -7.22. The van der Waals surface area contributed by atoms with E-state index in [2.05, 4.69) is 52.8 Å². The summed E-state index contributed by atoms with van der Waals surface area (Å²) in [4.78, 5) is 131. The van der Waals surface area contributed by atoms with Crippen molar-refractivity contribution in [3.63, 3.8) is 0 Å². The van der Waals surface area contributed by atoms with E-state index in [1.54, 1.807) is 72.9 Å². The molecule has 83 heavy (non-hydrogen) atoms. The second kappa shape index (κ2) is 33.8. The Morgan fingerprint density at radius 3 is 1.94 bits per heavy atom. The Morgan fingerprint density at radius 2 is 1.29 bits per heavy atom. The van der Waals surface area contributed by atoms with Gasteiger partial charge in [0.05, 0.1) is 30.9 Å². The Bertz CT molecular complexity index is 2820. The molecule has 11 atom stereocenters. The lowest BCUT2D eigenvalue weighted by molar-refractivity contribution is -0.137. The van der Waals surface area contributed by atoms with E-state index in [0.29, 0.717) is 29.5 Å². The summed E-state index contributed by atoms with van der Waals surface area (Å²) >= 11 is 0. The monoisotopic (exact) mass is 1150 g/mol. The van der Waals surface area contributed by atoms with Crippen molar-refractivity contribution in [2.24, 2.45) is 17.2 Å². The summed E-state index contributed by atoms with van der Waals surface area (Å²) in [6, 6.07) is 12.3. The summed E-state index contributed by atoms with van der Waals surface area (Å²) in [6.07, 6.45) is 1.52. The molecule has 1 unspecified atom stereocenters. The van der Waals surface area contributed by atoms with Crippen LogP contribution in [0, 0.1) is 0 Å². The number of para-hydroxylation sites is 1. The number of nitrogens with one attached hydrogen (secondary N) is 10. The highest BCUT2D eigenvalue weighted by Gasteiger charge is 2.36. The fourth-order valence-electron chi connectivity index (χ4n) is 9.11. The molecule has 3 aromatic carbocycles. The van der Waals surface area contributed by atoms with Crippen molar-refractivity contribution < 1.29 is 58.5 Å². The number of amides is 9. The van der Waals surface area contributed by atoms with Gasteiger partial charge in [-0.1, -0.05) is 91.0 Å². The van der Waals surface area contributed by atoms with Crippen molar-refractivity contribution in [2.45, 2.75) is 145 Å². The van der Waals surface area contributed by atoms with E-state index in [9.17, 15) is 58.5 Å². The van der Waals surface area contributed by atoms with E-state index >= 15 is 0 Å². The molecule has 25 nitrogen and oxygen atoms in total. The molecule has 0 bridgehead atoms. The van der Waals surface area contributed by atoms with Crippen molar-refractivity contribution in [1.29, 1.82) is 0 Å². The lowest BCUT2D eigenvalue weighted by atomic mass is 10.00. The smallest absolute Gasteiger partial charge is 0.245 e. The number of nitrogens with two attached hydrogens (primary N) is 3. The molecule has 5 rings (SSSR count). The van der Waals surface area contributed by atoms with Gasteiger partial charge in [0.1, 0.15) is 42.3 Å². The number of hydrogen-bond acceptors (Lipinski definition) is 15. The molecule has 0 spiro atoms. The van der Waals surface area contributed by atoms with Crippen LogP contribution < -0.4 is 65.1 Å². The minimum absolute atomic E-state index is 0.00503. The number of aromatic nitrogens is 1. The van der Waals surface area contributed by atoms with Gasteiger partial charge in [0.25, 0.3) is 0 Å². The zero-order valence-electron chi connectivity index (χ0n) is 46.8. The van der Waals surface area contributed by atoms with E-state index in [4.69, 9.17) is 17.2 Å². The predicted molar refractivity (Wildman–Crippen MR) is 309 cm³/mol. The first-order chi connectivity index (χ1) is 39.8. The second-order valence-corrected chi connectivity index (χ2v) is 20.6. The number of aliphatic hydroxyl groups is 3. The van der Waals surface area contributed by atoms with Crippen LogP contribution in [0.2, 0.25) is 0 Å². The summed E-state index contributed by atoms with van der Waals surface area (Å²) in [7, 11) is 0. The first kappa shape index (κ1) is 65.7. The molecule has 0 radical (unpaired) electrons. The van der Waals surface area contributed by atoms with Crippen molar-refractivity contribution >= 4 is 64.1 Å². The lowest BCUT2D eigenvalue weighted by Crippen LogP contribution is -2.62. The number of benzene rings is 3. The van der Waals surface area contributed by atoms with Crippen molar-refractivity contribution in [1.82, 2.24) is 52.8 Å². The van der Waals surface area contributed by atoms with Crippen LogP contribution in [0.25, 0.3) is 10.9 Å². The van der Waals surface area contributed by atoms with E-state index in [0.717, 1.165) is 10.9 Å². The fraction of sp³-hybridized carbons (Fsp3) is 0.466. The van der Waals surface area contributed by atoms with Crippen LogP contribution in [0.5, 0.6) is 0 Å². The Balaban J connectivity index is 1.59. The second-order valence-electron chi connectivity index (χ2n) is 20.6. The Labute approximate surface area is 481 Å². The third kappa shape index (κ3) is 21.0. The highest BCUT2D eigenvalue weighted by molar-refractivity contribution is 5.98. The van der Waals surface area contributed by atoms with Gasteiger partial charge in [-0.2, -0.15) is 0 Å². The summed E-state index contributed by atoms with van der Waals surface area (Å²) < 4.78 is 0. The molecular formula is C58H81N13O12. The molecule has 450 valence electrons. The average molecular weight is 1150 g/mol. The van der Waals surface area contributed by atoms with Gasteiger partial charge in [-0.05, 0) is 81.7 Å². The largest absolute Gasteiger partial charge is 0.394 e. The molecule has 4 aromatic rings. The van der Waals surface area contributed by atoms with E-state index < -0.39 is 126 Å². The number of rotatable bonds is 24. The van der Waals surface area contributed by atoms with Gasteiger partial charge < -0.3 is 85.4 Å². The van der Waals surface area contributed by atoms with Gasteiger partial charge in [-0.3, -0.25) is 43.2 Å². The van der Waals surface area contributed by atoms with E-state index in [1.807, 2.05) is 18.2 Å². The summed E-state index contributed by atoms with van der Waals surface area (Å²) in [5, 5.41) is 56.1. The molecule has 19 N–H and O–H groups in total. The van der Waals surface area contributed by atoms with Gasteiger partial charge in [0.15, 0.2) is 0 Å². The molecule has 0 saturated heterocycles. The number of fused-ring (bicyclic) bond motifs is 1. The minimum atomic E-state index is -1.72. The molecule has 1 aromatic heterocycles. The van der Waals surface area contributed by atoms with Crippen LogP contribution in [0.3, 0.4) is 0 Å². The van der Waals surface area contributed by atoms with Crippen LogP contribution in [0.1, 0.15) is 75.5 Å². The fourth-order valence-corrected chi connectivity index (χ4v) is 9.11. The van der Waals surface area contributed by atoms with Crippen LogP contribution in [-0.2, 0) is 62.4 Å². The molecule has 1 aliphatic rings. The number of carbonyl (C=O) groups excluding carboxylic acids is 9. The normalized spacial score (nSPS) is 21.7. The van der Waals surface area contributed by atoms with Crippen LogP contribution in [0.4, 0.5) is 0 Å². The van der Waals surface area contributed by atoms with Crippen LogP contribution in [0.15, 0.2) is 103 Å². The topological polar surface area (TPSA) is 416 Å². The maximum Gasteiger partial charge on any atom is 0.245 e. The quantitative estimate of drug-likeness (QED) is 0.0255. The summed E-state index contributed by atoms with van der Waals surface area (Å²) in [6.45, 7) is 2.10. The van der Waals surface area contributed by atoms with Crippen molar-refractivity contribution in [3.8, 4) is 0 Å².